The predicted octanol–water partition coefficient (Wildman–Crippen LogP) is 5.66. The summed E-state index contributed by atoms with van der Waals surface area (Å²) >= 11 is 39.5. The molecule has 1 aromatic rings. The van der Waals surface area contributed by atoms with Crippen LogP contribution >= 0.6 is 81.2 Å². The van der Waals surface area contributed by atoms with E-state index in [0.717, 1.165) is 0 Å². The minimum Gasteiger partial charge on any atom is -0.421 e. The molecule has 0 saturated heterocycles. The summed E-state index contributed by atoms with van der Waals surface area (Å²) in [7, 11) is 0. The molecule has 0 heterocycles. The minimum atomic E-state index is -1.39. The molecular weight excluding hydrogens is 376 g/mol. The number of hydrogen-bond acceptors (Lipinski definition) is 2. The molecule has 0 aromatic heterocycles. The molecule has 0 saturated carbocycles. The molecule has 1 rings (SSSR count). The zero-order valence-corrected chi connectivity index (χ0v) is 12.8. The Balaban J connectivity index is 3.30. The lowest BCUT2D eigenvalue weighted by Crippen LogP contribution is -2.16. The van der Waals surface area contributed by atoms with Gasteiger partial charge in [0, 0.05) is 0 Å². The highest BCUT2D eigenvalue weighted by atomic mass is 35.5. The highest BCUT2D eigenvalue weighted by Gasteiger charge is 2.24. The number of ether oxygens (including phenoxy) is 1. The van der Waals surface area contributed by atoms with Gasteiger partial charge in [0.2, 0.25) is 4.84 Å². The molecule has 94 valence electrons. The van der Waals surface area contributed by atoms with Crippen molar-refractivity contribution in [1.82, 2.24) is 0 Å². The second kappa shape index (κ2) is 6.25. The van der Waals surface area contributed by atoms with E-state index in [1.54, 1.807) is 0 Å². The van der Waals surface area contributed by atoms with Crippen LogP contribution in [0.2, 0.25) is 25.1 Å². The lowest BCUT2D eigenvalue weighted by atomic mass is 10.3. The van der Waals surface area contributed by atoms with Gasteiger partial charge in [-0.3, -0.25) is 0 Å². The number of alkyl halides is 2. The van der Waals surface area contributed by atoms with Crippen LogP contribution in [0.5, 0.6) is 5.75 Å². The first kappa shape index (κ1) is 15.8. The van der Waals surface area contributed by atoms with Gasteiger partial charge in [0.25, 0.3) is 0 Å². The third kappa shape index (κ3) is 3.38. The van der Waals surface area contributed by atoms with E-state index >= 15 is 0 Å². The van der Waals surface area contributed by atoms with Crippen molar-refractivity contribution >= 4 is 87.2 Å². The van der Waals surface area contributed by atoms with Gasteiger partial charge in [-0.25, -0.2) is 4.79 Å². The van der Waals surface area contributed by atoms with Crippen LogP contribution in [0.4, 0.5) is 0 Å². The van der Waals surface area contributed by atoms with E-state index in [9.17, 15) is 4.79 Å². The molecule has 0 atom stereocenters. The Labute approximate surface area is 132 Å². The van der Waals surface area contributed by atoms with Gasteiger partial charge in [0.05, 0.1) is 15.1 Å². The van der Waals surface area contributed by atoms with Gasteiger partial charge < -0.3 is 4.74 Å². The maximum absolute atomic E-state index is 11.2. The largest absolute Gasteiger partial charge is 0.421 e. The molecule has 0 amide bonds. The fraction of sp³-hybridized carbons (Fsp3) is 0.125. The number of halogens is 7. The van der Waals surface area contributed by atoms with Crippen molar-refractivity contribution in [3.8, 4) is 5.75 Å². The normalized spacial score (nSPS) is 10.8. The van der Waals surface area contributed by atoms with E-state index in [4.69, 9.17) is 85.9 Å². The van der Waals surface area contributed by atoms with Crippen LogP contribution in [0.25, 0.3) is 0 Å². The van der Waals surface area contributed by atoms with Crippen LogP contribution in [0.1, 0.15) is 0 Å². The fourth-order valence-electron chi connectivity index (χ4n) is 0.820. The van der Waals surface area contributed by atoms with Gasteiger partial charge in [-0.2, -0.15) is 0 Å². The van der Waals surface area contributed by atoms with Gasteiger partial charge in [-0.15, -0.1) is 0 Å². The Morgan fingerprint density at radius 1 is 0.824 bits per heavy atom. The number of hydrogen-bond donors (Lipinski definition) is 0. The highest BCUT2D eigenvalue weighted by molar-refractivity contribution is 6.56. The Bertz CT molecular complexity index is 442. The van der Waals surface area contributed by atoms with Crippen molar-refractivity contribution in [3.63, 3.8) is 0 Å². The molecule has 0 spiro atoms. The molecule has 17 heavy (non-hydrogen) atoms. The quantitative estimate of drug-likeness (QED) is 0.218. The molecule has 0 N–H and O–H groups in total. The van der Waals surface area contributed by atoms with Crippen molar-refractivity contribution in [2.24, 2.45) is 0 Å². The van der Waals surface area contributed by atoms with Crippen LogP contribution in [0.15, 0.2) is 0 Å². The standard InChI is InChI=1S/C8HCl7O2/c9-1-2(10)4(12)6(5(13)3(1)11)17-8(16)7(14)15/h7H. The number of carbonyl (C=O) groups is 1. The Morgan fingerprint density at radius 2 is 1.18 bits per heavy atom. The summed E-state index contributed by atoms with van der Waals surface area (Å²) in [6.07, 6.45) is 0. The lowest BCUT2D eigenvalue weighted by molar-refractivity contribution is -0.132. The zero-order valence-electron chi connectivity index (χ0n) is 7.54. The van der Waals surface area contributed by atoms with Gasteiger partial charge in [-0.1, -0.05) is 81.2 Å². The van der Waals surface area contributed by atoms with Crippen molar-refractivity contribution in [3.05, 3.63) is 25.1 Å². The van der Waals surface area contributed by atoms with Gasteiger partial charge in [0.15, 0.2) is 5.75 Å². The van der Waals surface area contributed by atoms with E-state index in [1.165, 1.54) is 0 Å². The monoisotopic (exact) mass is 374 g/mol. The first-order valence-electron chi connectivity index (χ1n) is 3.78. The number of benzene rings is 1. The average molecular weight is 377 g/mol. The fourth-order valence-corrected chi connectivity index (χ4v) is 2.11. The molecule has 0 fully saturated rings. The lowest BCUT2D eigenvalue weighted by Gasteiger charge is -2.12. The molecule has 1 aromatic carbocycles. The summed E-state index contributed by atoms with van der Waals surface area (Å²) in [5, 5.41) is -0.546. The molecule has 0 unspecified atom stereocenters. The summed E-state index contributed by atoms with van der Waals surface area (Å²) in [5.41, 5.74) is 0. The smallest absolute Gasteiger partial charge is 0.344 e. The predicted molar refractivity (Wildman–Crippen MR) is 72.6 cm³/mol. The Kier molecular flexibility index (Phi) is 5.80. The van der Waals surface area contributed by atoms with E-state index < -0.39 is 10.8 Å². The van der Waals surface area contributed by atoms with Crippen LogP contribution in [0, 0.1) is 0 Å². The molecule has 0 aliphatic heterocycles. The molecule has 0 aliphatic carbocycles. The molecular formula is C8HCl7O2. The molecule has 9 heteroatoms. The highest BCUT2D eigenvalue weighted by Crippen LogP contribution is 2.48. The molecule has 0 aliphatic rings. The number of rotatable bonds is 2. The summed E-state index contributed by atoms with van der Waals surface area (Å²) in [6.45, 7) is 0. The van der Waals surface area contributed by atoms with Crippen molar-refractivity contribution in [2.45, 2.75) is 4.84 Å². The van der Waals surface area contributed by atoms with Crippen LogP contribution in [-0.2, 0) is 4.79 Å². The van der Waals surface area contributed by atoms with E-state index in [1.807, 2.05) is 0 Å². The maximum Gasteiger partial charge on any atom is 0.344 e. The summed E-state index contributed by atoms with van der Waals surface area (Å²) in [6, 6.07) is 0. The average Bonchev–Trinajstić information content (AvgIpc) is 2.29. The van der Waals surface area contributed by atoms with Crippen molar-refractivity contribution in [1.29, 1.82) is 0 Å². The summed E-state index contributed by atoms with van der Waals surface area (Å²) in [5.74, 6) is -1.21. The first-order chi connectivity index (χ1) is 7.77. The van der Waals surface area contributed by atoms with Gasteiger partial charge >= 0.3 is 5.97 Å². The summed E-state index contributed by atoms with van der Waals surface area (Å²) < 4.78 is 4.76. The molecule has 2 nitrogen and oxygen atoms in total. The van der Waals surface area contributed by atoms with Crippen LogP contribution < -0.4 is 4.74 Å². The van der Waals surface area contributed by atoms with E-state index in [-0.39, 0.29) is 30.9 Å². The Morgan fingerprint density at radius 3 is 1.53 bits per heavy atom. The van der Waals surface area contributed by atoms with Gasteiger partial charge in [0.1, 0.15) is 10.0 Å². The zero-order chi connectivity index (χ0) is 13.3. The topological polar surface area (TPSA) is 26.3 Å². The maximum atomic E-state index is 11.2. The summed E-state index contributed by atoms with van der Waals surface area (Å²) in [4.78, 5) is 9.81. The third-order valence-corrected chi connectivity index (χ3v) is 4.15. The van der Waals surface area contributed by atoms with E-state index in [0.29, 0.717) is 0 Å². The second-order valence-electron chi connectivity index (χ2n) is 2.62. The Hall–Kier alpha value is 0.720. The first-order valence-corrected chi connectivity index (χ1v) is 6.55. The van der Waals surface area contributed by atoms with Crippen molar-refractivity contribution in [2.75, 3.05) is 0 Å². The molecule has 0 bridgehead atoms. The molecule has 0 radical (unpaired) electrons. The number of carbonyl (C=O) groups excluding carboxylic acids is 1. The minimum absolute atomic E-state index is 0.0450. The van der Waals surface area contributed by atoms with Crippen LogP contribution in [0.3, 0.4) is 0 Å². The number of esters is 1. The van der Waals surface area contributed by atoms with Crippen LogP contribution in [-0.4, -0.2) is 10.8 Å². The van der Waals surface area contributed by atoms with E-state index in [2.05, 4.69) is 0 Å². The van der Waals surface area contributed by atoms with Crippen molar-refractivity contribution < 1.29 is 9.53 Å². The SMILES string of the molecule is O=C(Oc1c(Cl)c(Cl)c(Cl)c(Cl)c1Cl)C(Cl)Cl. The van der Waals surface area contributed by atoms with Gasteiger partial charge in [-0.05, 0) is 0 Å². The third-order valence-electron chi connectivity index (χ3n) is 1.55. The second-order valence-corrected chi connectivity index (χ2v) is 5.61.